The molecule has 2 amide bonds. The normalized spacial score (nSPS) is 18.4. The highest BCUT2D eigenvalue weighted by atomic mass is 16.2. The van der Waals surface area contributed by atoms with Gasteiger partial charge in [0.05, 0.1) is 6.54 Å². The van der Waals surface area contributed by atoms with Crippen molar-refractivity contribution >= 4 is 6.03 Å². The Bertz CT molecular complexity index is 700. The van der Waals surface area contributed by atoms with Gasteiger partial charge in [-0.1, -0.05) is 43.2 Å². The van der Waals surface area contributed by atoms with Gasteiger partial charge in [-0.05, 0) is 18.4 Å². The number of carbonyl (C=O) groups excluding carboxylic acids is 1. The smallest absolute Gasteiger partial charge is 0.317 e. The summed E-state index contributed by atoms with van der Waals surface area (Å²) in [6, 6.07) is 10.0. The van der Waals surface area contributed by atoms with Crippen molar-refractivity contribution in [2.24, 2.45) is 5.41 Å². The van der Waals surface area contributed by atoms with Crippen LogP contribution in [0, 0.1) is 5.41 Å². The Morgan fingerprint density at radius 3 is 2.38 bits per heavy atom. The number of hydrogen-bond donors (Lipinski definition) is 1. The van der Waals surface area contributed by atoms with Crippen LogP contribution in [0.2, 0.25) is 0 Å². The maximum absolute atomic E-state index is 12.2. The number of likely N-dealkylation sites (tertiary alicyclic amines) is 1. The van der Waals surface area contributed by atoms with Gasteiger partial charge in [0.25, 0.3) is 0 Å². The van der Waals surface area contributed by atoms with Gasteiger partial charge in [-0.25, -0.2) is 14.8 Å². The summed E-state index contributed by atoms with van der Waals surface area (Å²) in [7, 11) is 0. The molecule has 0 bridgehead atoms. The van der Waals surface area contributed by atoms with Gasteiger partial charge in [0.1, 0.15) is 5.82 Å². The summed E-state index contributed by atoms with van der Waals surface area (Å²) in [5.74, 6) is 0.638. The van der Waals surface area contributed by atoms with E-state index in [2.05, 4.69) is 15.3 Å². The SMILES string of the molecule is O=C(NCc1ncc(-c2ccccc2)cn1)N1CC2(CCCC2)C1. The average molecular weight is 322 g/mol. The van der Waals surface area contributed by atoms with Crippen LogP contribution >= 0.6 is 0 Å². The Labute approximate surface area is 142 Å². The number of hydrogen-bond acceptors (Lipinski definition) is 3. The van der Waals surface area contributed by atoms with Crippen molar-refractivity contribution in [3.63, 3.8) is 0 Å². The molecule has 1 N–H and O–H groups in total. The molecule has 4 rings (SSSR count). The average Bonchev–Trinajstić information content (AvgIpc) is 3.10. The quantitative estimate of drug-likeness (QED) is 0.944. The molecule has 2 aromatic rings. The van der Waals surface area contributed by atoms with E-state index in [0.717, 1.165) is 24.2 Å². The van der Waals surface area contributed by atoms with E-state index in [0.29, 0.717) is 17.8 Å². The number of nitrogens with one attached hydrogen (secondary N) is 1. The van der Waals surface area contributed by atoms with E-state index in [1.807, 2.05) is 35.2 Å². The molecule has 24 heavy (non-hydrogen) atoms. The first kappa shape index (κ1) is 15.1. The molecule has 1 saturated carbocycles. The van der Waals surface area contributed by atoms with Crippen molar-refractivity contribution in [2.45, 2.75) is 32.2 Å². The predicted octanol–water partition coefficient (Wildman–Crippen LogP) is 3.23. The molecular formula is C19H22N4O. The van der Waals surface area contributed by atoms with Crippen LogP contribution in [0.15, 0.2) is 42.7 Å². The third-order valence-corrected chi connectivity index (χ3v) is 5.21. The largest absolute Gasteiger partial charge is 0.331 e. The third kappa shape index (κ3) is 2.98. The highest BCUT2D eigenvalue weighted by molar-refractivity contribution is 5.75. The van der Waals surface area contributed by atoms with Gasteiger partial charge in [0.2, 0.25) is 0 Å². The zero-order valence-corrected chi connectivity index (χ0v) is 13.7. The minimum absolute atomic E-state index is 0.00302. The second-order valence-electron chi connectivity index (χ2n) is 6.98. The second kappa shape index (κ2) is 6.23. The maximum atomic E-state index is 12.2. The van der Waals surface area contributed by atoms with Crippen LogP contribution in [0.25, 0.3) is 11.1 Å². The summed E-state index contributed by atoms with van der Waals surface area (Å²) in [4.78, 5) is 22.8. The summed E-state index contributed by atoms with van der Waals surface area (Å²) in [6.45, 7) is 2.19. The van der Waals surface area contributed by atoms with Gasteiger partial charge in [0.15, 0.2) is 0 Å². The fourth-order valence-corrected chi connectivity index (χ4v) is 3.84. The molecule has 1 spiro atoms. The van der Waals surface area contributed by atoms with Crippen molar-refractivity contribution in [1.82, 2.24) is 20.2 Å². The molecule has 5 heteroatoms. The van der Waals surface area contributed by atoms with E-state index in [1.54, 1.807) is 12.4 Å². The first-order valence-corrected chi connectivity index (χ1v) is 8.63. The highest BCUT2D eigenvalue weighted by Crippen LogP contribution is 2.45. The lowest BCUT2D eigenvalue weighted by atomic mass is 9.78. The summed E-state index contributed by atoms with van der Waals surface area (Å²) in [5.41, 5.74) is 2.51. The third-order valence-electron chi connectivity index (χ3n) is 5.21. The van der Waals surface area contributed by atoms with E-state index in [-0.39, 0.29) is 6.03 Å². The number of rotatable bonds is 3. The van der Waals surface area contributed by atoms with Gasteiger partial charge in [0, 0.05) is 36.5 Å². The van der Waals surface area contributed by atoms with E-state index in [9.17, 15) is 4.79 Å². The highest BCUT2D eigenvalue weighted by Gasteiger charge is 2.46. The lowest BCUT2D eigenvalue weighted by Gasteiger charge is -2.48. The van der Waals surface area contributed by atoms with E-state index < -0.39 is 0 Å². The lowest BCUT2D eigenvalue weighted by molar-refractivity contribution is 0.0369. The monoisotopic (exact) mass is 322 g/mol. The van der Waals surface area contributed by atoms with Gasteiger partial charge in [-0.2, -0.15) is 0 Å². The number of urea groups is 1. The topological polar surface area (TPSA) is 58.1 Å². The van der Waals surface area contributed by atoms with E-state index in [4.69, 9.17) is 0 Å². The fraction of sp³-hybridized carbons (Fsp3) is 0.421. The van der Waals surface area contributed by atoms with Gasteiger partial charge < -0.3 is 10.2 Å². The number of nitrogens with zero attached hydrogens (tertiary/aromatic N) is 3. The van der Waals surface area contributed by atoms with Crippen molar-refractivity contribution in [3.8, 4) is 11.1 Å². The standard InChI is InChI=1S/C19H22N4O/c24-18(23-13-19(14-23)8-4-5-9-19)22-12-17-20-10-16(11-21-17)15-6-2-1-3-7-15/h1-3,6-7,10-11H,4-5,8-9,12-14H2,(H,22,24). The maximum Gasteiger partial charge on any atom is 0.317 e. The Balaban J connectivity index is 1.29. The van der Waals surface area contributed by atoms with Crippen LogP contribution in [-0.2, 0) is 6.54 Å². The minimum atomic E-state index is 0.00302. The van der Waals surface area contributed by atoms with Crippen molar-refractivity contribution < 1.29 is 4.79 Å². The Morgan fingerprint density at radius 2 is 1.71 bits per heavy atom. The summed E-state index contributed by atoms with van der Waals surface area (Å²) in [6.07, 6.45) is 8.80. The first-order valence-electron chi connectivity index (χ1n) is 8.63. The fourth-order valence-electron chi connectivity index (χ4n) is 3.84. The summed E-state index contributed by atoms with van der Waals surface area (Å²) >= 11 is 0. The Kier molecular flexibility index (Phi) is 3.92. The first-order chi connectivity index (χ1) is 11.7. The summed E-state index contributed by atoms with van der Waals surface area (Å²) < 4.78 is 0. The van der Waals surface area contributed by atoms with Crippen molar-refractivity contribution in [3.05, 3.63) is 48.5 Å². The predicted molar refractivity (Wildman–Crippen MR) is 92.2 cm³/mol. The van der Waals surface area contributed by atoms with Gasteiger partial charge in [-0.3, -0.25) is 0 Å². The van der Waals surface area contributed by atoms with Crippen LogP contribution in [0.3, 0.4) is 0 Å². The Morgan fingerprint density at radius 1 is 1.04 bits per heavy atom. The number of amides is 2. The second-order valence-corrected chi connectivity index (χ2v) is 6.98. The lowest BCUT2D eigenvalue weighted by Crippen LogP contribution is -2.59. The number of carbonyl (C=O) groups is 1. The molecule has 1 aromatic carbocycles. The molecular weight excluding hydrogens is 300 g/mol. The van der Waals surface area contributed by atoms with Crippen molar-refractivity contribution in [1.29, 1.82) is 0 Å². The van der Waals surface area contributed by atoms with Gasteiger partial charge in [-0.15, -0.1) is 0 Å². The molecule has 2 fully saturated rings. The minimum Gasteiger partial charge on any atom is -0.331 e. The van der Waals surface area contributed by atoms with Crippen molar-refractivity contribution in [2.75, 3.05) is 13.1 Å². The van der Waals surface area contributed by atoms with Crippen LogP contribution in [0.5, 0.6) is 0 Å². The molecule has 2 heterocycles. The molecule has 5 nitrogen and oxygen atoms in total. The van der Waals surface area contributed by atoms with Gasteiger partial charge >= 0.3 is 6.03 Å². The number of aromatic nitrogens is 2. The molecule has 0 radical (unpaired) electrons. The van der Waals surface area contributed by atoms with Crippen LogP contribution in [0.4, 0.5) is 4.79 Å². The summed E-state index contributed by atoms with van der Waals surface area (Å²) in [5, 5.41) is 2.93. The van der Waals surface area contributed by atoms with Crippen LogP contribution in [0.1, 0.15) is 31.5 Å². The molecule has 2 aliphatic rings. The molecule has 0 unspecified atom stereocenters. The van der Waals surface area contributed by atoms with Crippen LogP contribution in [-0.4, -0.2) is 34.0 Å². The zero-order valence-electron chi connectivity index (χ0n) is 13.7. The molecule has 1 aliphatic heterocycles. The number of benzene rings is 1. The molecule has 124 valence electrons. The molecule has 1 aliphatic carbocycles. The molecule has 1 aromatic heterocycles. The zero-order chi connectivity index (χ0) is 16.4. The van der Waals surface area contributed by atoms with E-state index >= 15 is 0 Å². The molecule has 0 atom stereocenters. The Hall–Kier alpha value is -2.43. The van der Waals surface area contributed by atoms with E-state index in [1.165, 1.54) is 25.7 Å². The molecule has 1 saturated heterocycles. The van der Waals surface area contributed by atoms with Crippen LogP contribution < -0.4 is 5.32 Å².